The van der Waals surface area contributed by atoms with Crippen molar-refractivity contribution in [2.24, 2.45) is 23.3 Å². The summed E-state index contributed by atoms with van der Waals surface area (Å²) in [7, 11) is 0. The van der Waals surface area contributed by atoms with Crippen molar-refractivity contribution >= 4 is 34.7 Å². The zero-order valence-corrected chi connectivity index (χ0v) is 19.6. The summed E-state index contributed by atoms with van der Waals surface area (Å²) in [4.78, 5) is 53.7. The minimum absolute atomic E-state index is 0.00264. The lowest BCUT2D eigenvalue weighted by Gasteiger charge is -2.25. The van der Waals surface area contributed by atoms with Crippen molar-refractivity contribution in [1.82, 2.24) is 20.2 Å². The average Bonchev–Trinajstić information content (AvgIpc) is 3.34. The number of benzene rings is 1. The van der Waals surface area contributed by atoms with Gasteiger partial charge in [-0.1, -0.05) is 19.9 Å². The number of ether oxygens (including phenoxy) is 1. The molecule has 196 valence electrons. The third-order valence-electron chi connectivity index (χ3n) is 5.78. The number of carbonyl (C=O) groups is 4. The molecule has 0 spiro atoms. The van der Waals surface area contributed by atoms with Crippen molar-refractivity contribution < 1.29 is 37.1 Å². The number of rotatable bonds is 10. The molecule has 1 aliphatic rings. The van der Waals surface area contributed by atoms with E-state index in [9.17, 15) is 32.3 Å². The van der Waals surface area contributed by atoms with Crippen LogP contribution in [0.1, 0.15) is 49.8 Å². The zero-order valence-electron chi connectivity index (χ0n) is 19.6. The molecule has 0 unspecified atom stereocenters. The van der Waals surface area contributed by atoms with Crippen LogP contribution in [0.25, 0.3) is 11.0 Å². The van der Waals surface area contributed by atoms with Gasteiger partial charge in [-0.15, -0.1) is 13.2 Å². The van der Waals surface area contributed by atoms with E-state index in [2.05, 4.69) is 20.4 Å². The van der Waals surface area contributed by atoms with Gasteiger partial charge in [-0.05, 0) is 37.3 Å². The van der Waals surface area contributed by atoms with Gasteiger partial charge in [-0.2, -0.15) is 0 Å². The first-order chi connectivity index (χ1) is 16.8. The van der Waals surface area contributed by atoms with Crippen LogP contribution in [-0.4, -0.2) is 52.1 Å². The lowest BCUT2D eigenvalue weighted by Crippen LogP contribution is -2.48. The lowest BCUT2D eigenvalue weighted by atomic mass is 9.97. The minimum Gasteiger partial charge on any atom is -0.403 e. The number of imidazole rings is 1. The van der Waals surface area contributed by atoms with Crippen molar-refractivity contribution in [2.75, 3.05) is 6.54 Å². The zero-order chi connectivity index (χ0) is 26.8. The highest BCUT2D eigenvalue weighted by Crippen LogP contribution is 2.34. The second-order valence-electron chi connectivity index (χ2n) is 8.96. The maximum absolute atomic E-state index is 13.4. The Bertz CT molecular complexity index is 1180. The Morgan fingerprint density at radius 1 is 1.28 bits per heavy atom. The molecule has 1 fully saturated rings. The Kier molecular flexibility index (Phi) is 7.74. The maximum atomic E-state index is 13.4. The highest BCUT2D eigenvalue weighted by atomic mass is 19.4. The Balaban J connectivity index is 2.05. The molecule has 36 heavy (non-hydrogen) atoms. The molecule has 6 N–H and O–H groups in total. The quantitative estimate of drug-likeness (QED) is 0.371. The second kappa shape index (κ2) is 10.4. The SMILES string of the molecule is CC(C)C[C@@H](C(=O)N[C@@H](C[C@@H]1CCNC1=O)C(N)=O)n1c(C(N)=O)nc2c(OC(F)(F)F)cccc21. The van der Waals surface area contributed by atoms with Gasteiger partial charge in [0, 0.05) is 12.5 Å². The molecule has 14 heteroatoms. The predicted octanol–water partition coefficient (Wildman–Crippen LogP) is 1.12. The van der Waals surface area contributed by atoms with E-state index in [1.54, 1.807) is 13.8 Å². The molecule has 0 aliphatic carbocycles. The molecule has 1 aliphatic heterocycles. The van der Waals surface area contributed by atoms with Gasteiger partial charge in [0.15, 0.2) is 5.75 Å². The smallest absolute Gasteiger partial charge is 0.403 e. The Morgan fingerprint density at radius 3 is 2.50 bits per heavy atom. The van der Waals surface area contributed by atoms with Crippen LogP contribution in [0.3, 0.4) is 0 Å². The molecule has 1 saturated heterocycles. The highest BCUT2D eigenvalue weighted by Gasteiger charge is 2.36. The fourth-order valence-corrected chi connectivity index (χ4v) is 4.23. The van der Waals surface area contributed by atoms with Crippen LogP contribution in [0.15, 0.2) is 18.2 Å². The molecule has 0 radical (unpaired) electrons. The average molecular weight is 512 g/mol. The number of nitrogens with zero attached hydrogens (tertiary/aromatic N) is 2. The van der Waals surface area contributed by atoms with E-state index >= 15 is 0 Å². The molecule has 4 amide bonds. The predicted molar refractivity (Wildman–Crippen MR) is 120 cm³/mol. The van der Waals surface area contributed by atoms with Crippen LogP contribution >= 0.6 is 0 Å². The monoisotopic (exact) mass is 512 g/mol. The molecule has 1 aromatic heterocycles. The number of halogens is 3. The van der Waals surface area contributed by atoms with Crippen LogP contribution in [0.4, 0.5) is 13.2 Å². The van der Waals surface area contributed by atoms with Crippen LogP contribution in [0, 0.1) is 11.8 Å². The summed E-state index contributed by atoms with van der Waals surface area (Å²) in [6.45, 7) is 4.01. The number of hydrogen-bond acceptors (Lipinski definition) is 6. The first-order valence-electron chi connectivity index (χ1n) is 11.2. The third-order valence-corrected chi connectivity index (χ3v) is 5.78. The first-order valence-corrected chi connectivity index (χ1v) is 11.2. The number of carbonyl (C=O) groups excluding carboxylic acids is 4. The molecular formula is C22H27F3N6O5. The Hall–Kier alpha value is -3.84. The largest absolute Gasteiger partial charge is 0.573 e. The normalized spacial score (nSPS) is 17.6. The fourth-order valence-electron chi connectivity index (χ4n) is 4.23. The summed E-state index contributed by atoms with van der Waals surface area (Å²) >= 11 is 0. The van der Waals surface area contributed by atoms with Gasteiger partial charge in [0.1, 0.15) is 17.6 Å². The van der Waals surface area contributed by atoms with Gasteiger partial charge in [0.25, 0.3) is 5.91 Å². The third kappa shape index (κ3) is 6.04. The van der Waals surface area contributed by atoms with E-state index in [0.717, 1.165) is 10.6 Å². The number of para-hydroxylation sites is 1. The minimum atomic E-state index is -5.03. The molecule has 1 aromatic carbocycles. The molecule has 3 rings (SSSR count). The fraction of sp³-hybridized carbons (Fsp3) is 0.500. The topological polar surface area (TPSA) is 171 Å². The summed E-state index contributed by atoms with van der Waals surface area (Å²) in [5.74, 6) is -4.75. The Morgan fingerprint density at radius 2 is 1.97 bits per heavy atom. The molecule has 11 nitrogen and oxygen atoms in total. The molecule has 0 bridgehead atoms. The van der Waals surface area contributed by atoms with Gasteiger partial charge in [-0.3, -0.25) is 19.2 Å². The molecular weight excluding hydrogens is 485 g/mol. The number of nitrogens with one attached hydrogen (secondary N) is 2. The van der Waals surface area contributed by atoms with E-state index in [0.29, 0.717) is 13.0 Å². The summed E-state index contributed by atoms with van der Waals surface area (Å²) in [5.41, 5.74) is 10.6. The van der Waals surface area contributed by atoms with Crippen molar-refractivity contribution in [2.45, 2.75) is 51.6 Å². The molecule has 0 saturated carbocycles. The Labute approximate surface area is 203 Å². The second-order valence-corrected chi connectivity index (χ2v) is 8.96. The summed E-state index contributed by atoms with van der Waals surface area (Å²) in [6.07, 6.45) is -4.48. The van der Waals surface area contributed by atoms with E-state index in [1.807, 2.05) is 0 Å². The van der Waals surface area contributed by atoms with Crippen molar-refractivity contribution in [3.63, 3.8) is 0 Å². The number of hydrogen-bond donors (Lipinski definition) is 4. The van der Waals surface area contributed by atoms with E-state index in [-0.39, 0.29) is 35.7 Å². The van der Waals surface area contributed by atoms with Crippen molar-refractivity contribution in [3.8, 4) is 5.75 Å². The maximum Gasteiger partial charge on any atom is 0.573 e. The van der Waals surface area contributed by atoms with Gasteiger partial charge < -0.3 is 31.4 Å². The van der Waals surface area contributed by atoms with Crippen LogP contribution < -0.4 is 26.8 Å². The van der Waals surface area contributed by atoms with Crippen LogP contribution in [0.2, 0.25) is 0 Å². The van der Waals surface area contributed by atoms with Crippen LogP contribution in [-0.2, 0) is 14.4 Å². The number of primary amides is 2. The summed E-state index contributed by atoms with van der Waals surface area (Å²) in [5, 5.41) is 5.18. The van der Waals surface area contributed by atoms with Gasteiger partial charge in [-0.25, -0.2) is 4.98 Å². The standard InChI is InChI=1S/C22H27F3N6O5/c1-10(2)8-14(21(35)29-12(17(26)32)9-11-6-7-28-20(11)34)31-13-4-3-5-15(36-22(23,24)25)16(13)30-19(31)18(27)33/h3-5,10-12,14H,6-9H2,1-2H3,(H2,26,32)(H2,27,33)(H,28,34)(H,29,35)/t11-,12-,14-/m0/s1. The summed E-state index contributed by atoms with van der Waals surface area (Å²) in [6, 6.07) is 1.25. The lowest BCUT2D eigenvalue weighted by molar-refractivity contribution is -0.274. The number of amides is 4. The number of fused-ring (bicyclic) bond motifs is 1. The van der Waals surface area contributed by atoms with Gasteiger partial charge in [0.05, 0.1) is 5.52 Å². The van der Waals surface area contributed by atoms with Crippen molar-refractivity contribution in [1.29, 1.82) is 0 Å². The molecule has 3 atom stereocenters. The van der Waals surface area contributed by atoms with E-state index in [4.69, 9.17) is 11.5 Å². The molecule has 2 aromatic rings. The van der Waals surface area contributed by atoms with E-state index in [1.165, 1.54) is 12.1 Å². The molecule has 2 heterocycles. The van der Waals surface area contributed by atoms with Gasteiger partial charge in [0.2, 0.25) is 23.5 Å². The van der Waals surface area contributed by atoms with Gasteiger partial charge >= 0.3 is 6.36 Å². The van der Waals surface area contributed by atoms with Crippen LogP contribution in [0.5, 0.6) is 5.75 Å². The number of alkyl halides is 3. The highest BCUT2D eigenvalue weighted by molar-refractivity contribution is 5.97. The first kappa shape index (κ1) is 26.8. The number of nitrogens with two attached hydrogens (primary N) is 2. The van der Waals surface area contributed by atoms with Crippen molar-refractivity contribution in [3.05, 3.63) is 24.0 Å². The van der Waals surface area contributed by atoms with E-state index < -0.39 is 53.7 Å². The number of aromatic nitrogens is 2. The summed E-state index contributed by atoms with van der Waals surface area (Å²) < 4.78 is 43.9.